The third kappa shape index (κ3) is 3.74. The van der Waals surface area contributed by atoms with Crippen molar-refractivity contribution in [1.29, 1.82) is 0 Å². The molecule has 8 nitrogen and oxygen atoms in total. The van der Waals surface area contributed by atoms with Gasteiger partial charge >= 0.3 is 0 Å². The minimum atomic E-state index is -1.35. The molecule has 6 rings (SSSR count). The average Bonchev–Trinajstić information content (AvgIpc) is 3.57. The Kier molecular flexibility index (Phi) is 6.24. The molecule has 3 aliphatic rings. The maximum Gasteiger partial charge on any atom is 0.256 e. The van der Waals surface area contributed by atoms with Crippen molar-refractivity contribution < 1.29 is 19.2 Å². The largest absolute Gasteiger partial charge is 0.490 e. The predicted molar refractivity (Wildman–Crippen MR) is 143 cm³/mol. The monoisotopic (exact) mass is 533 g/mol. The highest BCUT2D eigenvalue weighted by Crippen LogP contribution is 2.58. The Hall–Kier alpha value is -3.62. The number of hydrogen-bond donors (Lipinski definition) is 1. The number of anilines is 1. The highest BCUT2D eigenvalue weighted by molar-refractivity contribution is 6.30. The summed E-state index contributed by atoms with van der Waals surface area (Å²) in [6.45, 7) is 3.26. The van der Waals surface area contributed by atoms with Gasteiger partial charge in [0.15, 0.2) is 17.0 Å². The summed E-state index contributed by atoms with van der Waals surface area (Å²) in [6.07, 6.45) is 1.66. The molecule has 0 bridgehead atoms. The fraction of sp³-hybridized carbons (Fsp3) is 0.345. The molecule has 3 heterocycles. The molecular formula is C29H28ClN3O5. The molecule has 0 aromatic heterocycles. The summed E-state index contributed by atoms with van der Waals surface area (Å²) in [5.74, 6) is 0.280. The fourth-order valence-electron chi connectivity index (χ4n) is 6.64. The van der Waals surface area contributed by atoms with Gasteiger partial charge in [-0.15, -0.1) is 0 Å². The van der Waals surface area contributed by atoms with E-state index in [4.69, 9.17) is 21.1 Å². The summed E-state index contributed by atoms with van der Waals surface area (Å²) in [7, 11) is 0. The number of hydrogen-bond acceptors (Lipinski definition) is 6. The zero-order chi connectivity index (χ0) is 26.4. The van der Waals surface area contributed by atoms with Gasteiger partial charge in [-0.05, 0) is 61.2 Å². The maximum atomic E-state index is 13.6. The van der Waals surface area contributed by atoms with E-state index in [1.165, 1.54) is 0 Å². The topological polar surface area (TPSA) is 93.9 Å². The number of carbonyl (C=O) groups is 1. The second-order valence-electron chi connectivity index (χ2n) is 9.98. The molecule has 1 N–H and O–H groups in total. The normalized spacial score (nSPS) is 25.7. The molecule has 9 heteroatoms. The van der Waals surface area contributed by atoms with Gasteiger partial charge in [-0.25, -0.2) is 0 Å². The minimum Gasteiger partial charge on any atom is -0.490 e. The van der Waals surface area contributed by atoms with Crippen molar-refractivity contribution in [2.45, 2.75) is 49.9 Å². The maximum absolute atomic E-state index is 13.6. The van der Waals surface area contributed by atoms with Gasteiger partial charge in [0.05, 0.1) is 12.5 Å². The lowest BCUT2D eigenvalue weighted by atomic mass is 9.77. The molecule has 3 aliphatic heterocycles. The molecule has 1 spiro atoms. The number of amides is 1. The lowest BCUT2D eigenvalue weighted by Gasteiger charge is -2.32. The number of para-hydroxylation sites is 1. The van der Waals surface area contributed by atoms with Gasteiger partial charge in [0, 0.05) is 33.8 Å². The first-order chi connectivity index (χ1) is 18.4. The Morgan fingerprint density at radius 3 is 2.66 bits per heavy atom. The van der Waals surface area contributed by atoms with Crippen LogP contribution in [0.1, 0.15) is 42.4 Å². The Bertz CT molecular complexity index is 1400. The number of benzene rings is 3. The van der Waals surface area contributed by atoms with Crippen LogP contribution >= 0.6 is 11.6 Å². The Morgan fingerprint density at radius 1 is 1.11 bits per heavy atom. The second-order valence-corrected chi connectivity index (χ2v) is 10.4. The van der Waals surface area contributed by atoms with Crippen LogP contribution in [0.3, 0.4) is 0 Å². The molecule has 38 heavy (non-hydrogen) atoms. The van der Waals surface area contributed by atoms with Crippen molar-refractivity contribution in [2.75, 3.05) is 18.5 Å². The quantitative estimate of drug-likeness (QED) is 0.324. The summed E-state index contributed by atoms with van der Waals surface area (Å²) in [5.41, 5.74) is 1.73. The molecule has 0 aliphatic carbocycles. The van der Waals surface area contributed by atoms with Crippen molar-refractivity contribution in [3.63, 3.8) is 0 Å². The van der Waals surface area contributed by atoms with Crippen LogP contribution in [-0.2, 0) is 16.9 Å². The lowest BCUT2D eigenvalue weighted by Crippen LogP contribution is -2.55. The summed E-state index contributed by atoms with van der Waals surface area (Å²) in [4.78, 5) is 28.3. The van der Waals surface area contributed by atoms with E-state index in [0.717, 1.165) is 24.0 Å². The van der Waals surface area contributed by atoms with E-state index < -0.39 is 17.5 Å². The van der Waals surface area contributed by atoms with Crippen LogP contribution in [0.4, 0.5) is 5.69 Å². The third-order valence-corrected chi connectivity index (χ3v) is 8.31. The van der Waals surface area contributed by atoms with E-state index >= 15 is 0 Å². The third-order valence-electron chi connectivity index (χ3n) is 8.05. The smallest absolute Gasteiger partial charge is 0.256 e. The van der Waals surface area contributed by atoms with Gasteiger partial charge in [-0.2, -0.15) is 0 Å². The first-order valence-electron chi connectivity index (χ1n) is 12.9. The van der Waals surface area contributed by atoms with Crippen molar-refractivity contribution >= 4 is 23.2 Å². The number of nitro groups is 1. The van der Waals surface area contributed by atoms with E-state index in [9.17, 15) is 14.9 Å². The van der Waals surface area contributed by atoms with E-state index in [1.807, 2.05) is 73.7 Å². The van der Waals surface area contributed by atoms with Crippen LogP contribution < -0.4 is 14.8 Å². The molecule has 3 aromatic carbocycles. The average molecular weight is 534 g/mol. The molecule has 0 unspecified atom stereocenters. The summed E-state index contributed by atoms with van der Waals surface area (Å²) in [6, 6.07) is 19.0. The summed E-state index contributed by atoms with van der Waals surface area (Å²) in [5, 5.41) is 16.4. The Labute approximate surface area is 225 Å². The van der Waals surface area contributed by atoms with E-state index in [2.05, 4.69) is 10.2 Å². The SMILES string of the molecule is CCOc1cc([C@H]2[C@H]([N+](=O)[O-])[C@@]3(C(=O)Nc4ccccc43)N3CCC[C@@H]23)ccc1OCc1ccc(Cl)cc1. The highest BCUT2D eigenvalue weighted by atomic mass is 35.5. The van der Waals surface area contributed by atoms with Crippen LogP contribution in [0.5, 0.6) is 11.5 Å². The lowest BCUT2D eigenvalue weighted by molar-refractivity contribution is -0.534. The number of nitrogens with zero attached hydrogens (tertiary/aromatic N) is 2. The second kappa shape index (κ2) is 9.60. The molecule has 4 atom stereocenters. The predicted octanol–water partition coefficient (Wildman–Crippen LogP) is 5.37. The molecule has 1 amide bonds. The van der Waals surface area contributed by atoms with Gasteiger partial charge in [-0.1, -0.05) is 48.0 Å². The molecule has 2 saturated heterocycles. The molecule has 196 valence electrons. The fourth-order valence-corrected chi connectivity index (χ4v) is 6.76. The Balaban J connectivity index is 1.40. The van der Waals surface area contributed by atoms with Crippen LogP contribution in [0.25, 0.3) is 0 Å². The summed E-state index contributed by atoms with van der Waals surface area (Å²) < 4.78 is 12.0. The van der Waals surface area contributed by atoms with Gasteiger partial charge in [0.1, 0.15) is 6.61 Å². The first kappa shape index (κ1) is 24.7. The van der Waals surface area contributed by atoms with E-state index in [-0.39, 0.29) is 16.9 Å². The first-order valence-corrected chi connectivity index (χ1v) is 13.3. The van der Waals surface area contributed by atoms with Crippen molar-refractivity contribution in [2.24, 2.45) is 0 Å². The number of halogens is 1. The van der Waals surface area contributed by atoms with E-state index in [0.29, 0.717) is 47.5 Å². The van der Waals surface area contributed by atoms with Crippen molar-refractivity contribution in [3.8, 4) is 11.5 Å². The zero-order valence-electron chi connectivity index (χ0n) is 20.9. The van der Waals surface area contributed by atoms with Gasteiger partial charge < -0.3 is 14.8 Å². The molecule has 2 fully saturated rings. The van der Waals surface area contributed by atoms with Crippen molar-refractivity contribution in [3.05, 3.63) is 98.6 Å². The number of nitrogens with one attached hydrogen (secondary N) is 1. The van der Waals surface area contributed by atoms with Crippen LogP contribution in [0.15, 0.2) is 66.7 Å². The minimum absolute atomic E-state index is 0.141. The number of carbonyl (C=O) groups excluding carboxylic acids is 1. The Morgan fingerprint density at radius 2 is 1.89 bits per heavy atom. The van der Waals surface area contributed by atoms with Gasteiger partial charge in [-0.3, -0.25) is 19.8 Å². The van der Waals surface area contributed by atoms with Gasteiger partial charge in [0.25, 0.3) is 11.9 Å². The number of rotatable bonds is 7. The van der Waals surface area contributed by atoms with Crippen molar-refractivity contribution in [1.82, 2.24) is 4.90 Å². The number of ether oxygens (including phenoxy) is 2. The number of fused-ring (bicyclic) bond motifs is 4. The molecule has 0 radical (unpaired) electrons. The standard InChI is InChI=1S/C29H28ClN3O5/c1-2-37-25-16-19(11-14-24(25)38-17-18-9-12-20(30)13-10-18)26-23-8-5-15-32(23)29(27(26)33(35)36)21-6-3-4-7-22(21)31-28(29)34/h3-4,6-7,9-14,16,23,26-27H,2,5,8,15,17H2,1H3,(H,31,34)/t23-,26+,27-,29-/m0/s1. The van der Waals surface area contributed by atoms with Crippen LogP contribution in [0, 0.1) is 10.1 Å². The van der Waals surface area contributed by atoms with Crippen LogP contribution in [0.2, 0.25) is 5.02 Å². The molecule has 0 saturated carbocycles. The van der Waals surface area contributed by atoms with Crippen LogP contribution in [-0.4, -0.2) is 41.0 Å². The molecular weight excluding hydrogens is 506 g/mol. The zero-order valence-corrected chi connectivity index (χ0v) is 21.7. The summed E-state index contributed by atoms with van der Waals surface area (Å²) >= 11 is 5.99. The highest BCUT2D eigenvalue weighted by Gasteiger charge is 2.73. The molecule has 3 aromatic rings. The van der Waals surface area contributed by atoms with Gasteiger partial charge in [0.2, 0.25) is 0 Å². The van der Waals surface area contributed by atoms with E-state index in [1.54, 1.807) is 0 Å².